The largest absolute Gasteiger partial charge is 0.459 e. The molecule has 4 rings (SSSR count). The van der Waals surface area contributed by atoms with Crippen LogP contribution >= 0.6 is 23.4 Å². The lowest BCUT2D eigenvalue weighted by atomic mass is 10.2. The monoisotopic (exact) mass is 417 g/mol. The van der Waals surface area contributed by atoms with E-state index in [2.05, 4.69) is 10.1 Å². The van der Waals surface area contributed by atoms with E-state index in [-0.39, 0.29) is 24.6 Å². The van der Waals surface area contributed by atoms with Gasteiger partial charge in [0.25, 0.3) is 5.56 Å². The Morgan fingerprint density at radius 3 is 2.96 bits per heavy atom. The Balaban J connectivity index is 1.37. The standard InChI is InChI=1S/C19H16ClN3O4S/c1-11-8-21-19-23(18(11)25)15(10-28-19)7-17(24)26-9-14-6-16(27-22-14)12-2-4-13(20)5-3-12/h2-6,8,15H,7,9-10H2,1H3. The minimum Gasteiger partial charge on any atom is -0.459 e. The number of halogens is 1. The highest BCUT2D eigenvalue weighted by atomic mass is 35.5. The van der Waals surface area contributed by atoms with Gasteiger partial charge in [0.2, 0.25) is 0 Å². The SMILES string of the molecule is Cc1cnc2n(c1=O)C(CC(=O)OCc1cc(-c3ccc(Cl)cc3)on1)CS2. The predicted molar refractivity (Wildman–Crippen MR) is 104 cm³/mol. The Labute approximate surface area is 169 Å². The van der Waals surface area contributed by atoms with Gasteiger partial charge in [-0.25, -0.2) is 4.98 Å². The second kappa shape index (κ2) is 7.81. The molecule has 0 amide bonds. The van der Waals surface area contributed by atoms with Gasteiger partial charge in [0.1, 0.15) is 12.3 Å². The normalized spacial score (nSPS) is 15.4. The average Bonchev–Trinajstić information content (AvgIpc) is 3.31. The third-order valence-corrected chi connectivity index (χ3v) is 5.74. The molecule has 7 nitrogen and oxygen atoms in total. The molecule has 28 heavy (non-hydrogen) atoms. The summed E-state index contributed by atoms with van der Waals surface area (Å²) in [5, 5.41) is 5.20. The van der Waals surface area contributed by atoms with Crippen molar-refractivity contribution in [3.8, 4) is 11.3 Å². The number of fused-ring (bicyclic) bond motifs is 1. The Kier molecular flexibility index (Phi) is 5.23. The molecule has 144 valence electrons. The zero-order valence-electron chi connectivity index (χ0n) is 14.9. The smallest absolute Gasteiger partial charge is 0.308 e. The highest BCUT2D eigenvalue weighted by Gasteiger charge is 2.28. The highest BCUT2D eigenvalue weighted by Crippen LogP contribution is 2.32. The van der Waals surface area contributed by atoms with Crippen LogP contribution in [0.4, 0.5) is 0 Å². The summed E-state index contributed by atoms with van der Waals surface area (Å²) in [6.07, 6.45) is 1.66. The molecule has 0 bridgehead atoms. The Morgan fingerprint density at radius 1 is 1.39 bits per heavy atom. The van der Waals surface area contributed by atoms with Gasteiger partial charge < -0.3 is 9.26 Å². The zero-order valence-corrected chi connectivity index (χ0v) is 16.5. The number of nitrogens with zero attached hydrogens (tertiary/aromatic N) is 3. The van der Waals surface area contributed by atoms with Crippen LogP contribution < -0.4 is 5.56 Å². The molecule has 1 aromatic carbocycles. The quantitative estimate of drug-likeness (QED) is 0.462. The van der Waals surface area contributed by atoms with Crippen LogP contribution in [0.15, 0.2) is 51.0 Å². The zero-order chi connectivity index (χ0) is 19.7. The molecule has 1 aliphatic rings. The van der Waals surface area contributed by atoms with E-state index < -0.39 is 5.97 Å². The van der Waals surface area contributed by atoms with Crippen LogP contribution in [0.2, 0.25) is 5.02 Å². The lowest BCUT2D eigenvalue weighted by Crippen LogP contribution is -2.27. The van der Waals surface area contributed by atoms with E-state index in [1.54, 1.807) is 35.9 Å². The van der Waals surface area contributed by atoms with Crippen molar-refractivity contribution in [2.75, 3.05) is 5.75 Å². The topological polar surface area (TPSA) is 87.2 Å². The van der Waals surface area contributed by atoms with Crippen LogP contribution in [-0.4, -0.2) is 26.4 Å². The fourth-order valence-electron chi connectivity index (χ4n) is 2.91. The number of aromatic nitrogens is 3. The fraction of sp³-hybridized carbons (Fsp3) is 0.263. The summed E-state index contributed by atoms with van der Waals surface area (Å²) in [6, 6.07) is 8.62. The lowest BCUT2D eigenvalue weighted by Gasteiger charge is -2.12. The number of thioether (sulfide) groups is 1. The average molecular weight is 418 g/mol. The molecule has 0 saturated carbocycles. The van der Waals surface area contributed by atoms with Crippen molar-refractivity contribution in [1.82, 2.24) is 14.7 Å². The van der Waals surface area contributed by atoms with Gasteiger partial charge in [-0.2, -0.15) is 0 Å². The summed E-state index contributed by atoms with van der Waals surface area (Å²) in [5.74, 6) is 0.783. The first kappa shape index (κ1) is 18.8. The number of ether oxygens (including phenoxy) is 1. The molecule has 2 aromatic heterocycles. The third kappa shape index (κ3) is 3.83. The van der Waals surface area contributed by atoms with Gasteiger partial charge in [0.15, 0.2) is 10.9 Å². The van der Waals surface area contributed by atoms with Crippen molar-refractivity contribution in [3.05, 3.63) is 63.2 Å². The molecule has 0 fully saturated rings. The van der Waals surface area contributed by atoms with Crippen molar-refractivity contribution < 1.29 is 14.1 Å². The minimum atomic E-state index is -0.400. The van der Waals surface area contributed by atoms with E-state index in [4.69, 9.17) is 20.9 Å². The second-order valence-electron chi connectivity index (χ2n) is 6.42. The molecular weight excluding hydrogens is 402 g/mol. The van der Waals surface area contributed by atoms with E-state index in [1.165, 1.54) is 11.8 Å². The molecule has 3 heterocycles. The minimum absolute atomic E-state index is 0.00358. The Hall–Kier alpha value is -2.58. The summed E-state index contributed by atoms with van der Waals surface area (Å²) >= 11 is 7.34. The number of carbonyl (C=O) groups excluding carboxylic acids is 1. The van der Waals surface area contributed by atoms with Gasteiger partial charge in [0, 0.05) is 34.2 Å². The van der Waals surface area contributed by atoms with Gasteiger partial charge in [-0.3, -0.25) is 14.2 Å². The van der Waals surface area contributed by atoms with Crippen LogP contribution in [0.25, 0.3) is 11.3 Å². The van der Waals surface area contributed by atoms with Gasteiger partial charge >= 0.3 is 5.97 Å². The number of benzene rings is 1. The molecule has 0 radical (unpaired) electrons. The first-order valence-corrected chi connectivity index (χ1v) is 9.95. The summed E-state index contributed by atoms with van der Waals surface area (Å²) in [5.41, 5.74) is 1.78. The van der Waals surface area contributed by atoms with Crippen molar-refractivity contribution in [1.29, 1.82) is 0 Å². The van der Waals surface area contributed by atoms with E-state index >= 15 is 0 Å². The lowest BCUT2D eigenvalue weighted by molar-refractivity contribution is -0.145. The molecular formula is C19H16ClN3O4S. The van der Waals surface area contributed by atoms with Crippen LogP contribution in [0.1, 0.15) is 23.7 Å². The number of carbonyl (C=O) groups is 1. The molecule has 9 heteroatoms. The maximum absolute atomic E-state index is 12.3. The molecule has 3 aromatic rings. The molecule has 0 N–H and O–H groups in total. The van der Waals surface area contributed by atoms with Crippen LogP contribution in [0, 0.1) is 6.92 Å². The van der Waals surface area contributed by atoms with Crippen LogP contribution in [0.3, 0.4) is 0 Å². The molecule has 1 aliphatic heterocycles. The number of hydrogen-bond donors (Lipinski definition) is 0. The van der Waals surface area contributed by atoms with Gasteiger partial charge in [-0.05, 0) is 31.2 Å². The van der Waals surface area contributed by atoms with Gasteiger partial charge in [-0.15, -0.1) is 0 Å². The summed E-state index contributed by atoms with van der Waals surface area (Å²) in [7, 11) is 0. The van der Waals surface area contributed by atoms with Crippen molar-refractivity contribution in [2.24, 2.45) is 0 Å². The number of esters is 1. The number of hydrogen-bond acceptors (Lipinski definition) is 7. The molecule has 0 aliphatic carbocycles. The molecule has 0 spiro atoms. The summed E-state index contributed by atoms with van der Waals surface area (Å²) in [6.45, 7) is 1.72. The Bertz CT molecular complexity index is 1080. The van der Waals surface area contributed by atoms with E-state index in [0.717, 1.165) is 5.56 Å². The summed E-state index contributed by atoms with van der Waals surface area (Å²) < 4.78 is 12.2. The number of aryl methyl sites for hydroxylation is 1. The number of rotatable bonds is 5. The van der Waals surface area contributed by atoms with Crippen molar-refractivity contribution >= 4 is 29.3 Å². The maximum atomic E-state index is 12.3. The van der Waals surface area contributed by atoms with Gasteiger partial charge in [0.05, 0.1) is 12.5 Å². The first-order valence-electron chi connectivity index (χ1n) is 8.59. The van der Waals surface area contributed by atoms with E-state index in [9.17, 15) is 9.59 Å². The van der Waals surface area contributed by atoms with Crippen molar-refractivity contribution in [3.63, 3.8) is 0 Å². The highest BCUT2D eigenvalue weighted by molar-refractivity contribution is 7.99. The van der Waals surface area contributed by atoms with Crippen LogP contribution in [-0.2, 0) is 16.1 Å². The predicted octanol–water partition coefficient (Wildman–Crippen LogP) is 3.64. The molecule has 1 unspecified atom stereocenters. The van der Waals surface area contributed by atoms with E-state index in [0.29, 0.717) is 32.9 Å². The fourth-order valence-corrected chi connectivity index (χ4v) is 4.14. The maximum Gasteiger partial charge on any atom is 0.308 e. The Morgan fingerprint density at radius 2 is 2.18 bits per heavy atom. The molecule has 0 saturated heterocycles. The first-order chi connectivity index (χ1) is 13.5. The van der Waals surface area contributed by atoms with Crippen molar-refractivity contribution in [2.45, 2.75) is 31.1 Å². The van der Waals surface area contributed by atoms with E-state index in [1.807, 2.05) is 12.1 Å². The molecule has 1 atom stereocenters. The third-order valence-electron chi connectivity index (χ3n) is 4.37. The van der Waals surface area contributed by atoms with Crippen LogP contribution in [0.5, 0.6) is 0 Å². The van der Waals surface area contributed by atoms with Gasteiger partial charge in [-0.1, -0.05) is 28.5 Å². The summed E-state index contributed by atoms with van der Waals surface area (Å²) in [4.78, 5) is 28.8. The second-order valence-corrected chi connectivity index (χ2v) is 7.84.